The van der Waals surface area contributed by atoms with Crippen molar-refractivity contribution in [2.24, 2.45) is 5.41 Å². The minimum absolute atomic E-state index is 0.519. The normalized spacial score (nSPS) is 18.9. The number of rotatable bonds is 4. The van der Waals surface area contributed by atoms with Gasteiger partial charge in [0.25, 0.3) is 0 Å². The molecule has 1 N–H and O–H groups in total. The number of nitrogens with zero attached hydrogens (tertiary/aromatic N) is 1. The van der Waals surface area contributed by atoms with E-state index < -0.39 is 0 Å². The molecule has 0 radical (unpaired) electrons. The maximum Gasteiger partial charge on any atom is 0.0936 e. The van der Waals surface area contributed by atoms with E-state index in [2.05, 4.69) is 31.2 Å². The van der Waals surface area contributed by atoms with Crippen LogP contribution in [0.3, 0.4) is 0 Å². The Balaban J connectivity index is 2.06. The van der Waals surface area contributed by atoms with Crippen LogP contribution in [-0.4, -0.2) is 18.6 Å². The Bertz CT molecular complexity index is 320. The smallest absolute Gasteiger partial charge is 0.0936 e. The van der Waals surface area contributed by atoms with Gasteiger partial charge in [0, 0.05) is 17.8 Å². The van der Waals surface area contributed by atoms with Gasteiger partial charge in [0.05, 0.1) is 10.7 Å². The second-order valence-corrected chi connectivity index (χ2v) is 6.10. The summed E-state index contributed by atoms with van der Waals surface area (Å²) in [5.41, 5.74) is 1.74. The van der Waals surface area contributed by atoms with Crippen LogP contribution in [0.1, 0.15) is 34.8 Å². The highest BCUT2D eigenvalue weighted by molar-refractivity contribution is 7.11. The molecule has 0 atom stereocenters. The highest BCUT2D eigenvalue weighted by Crippen LogP contribution is 2.43. The van der Waals surface area contributed by atoms with Gasteiger partial charge in [-0.25, -0.2) is 4.98 Å². The van der Waals surface area contributed by atoms with Gasteiger partial charge in [0.1, 0.15) is 0 Å². The van der Waals surface area contributed by atoms with Crippen molar-refractivity contribution < 1.29 is 0 Å². The zero-order chi connectivity index (χ0) is 10.9. The molecule has 0 saturated heterocycles. The SMILES string of the molecule is CNCC1(Cc2nc(C)c(C)s2)CCC1. The Morgan fingerprint density at radius 2 is 2.13 bits per heavy atom. The molecule has 1 fully saturated rings. The van der Waals surface area contributed by atoms with Gasteiger partial charge in [0.15, 0.2) is 0 Å². The first-order valence-electron chi connectivity index (χ1n) is 5.73. The van der Waals surface area contributed by atoms with Crippen LogP contribution in [0.25, 0.3) is 0 Å². The number of nitrogens with one attached hydrogen (secondary N) is 1. The lowest BCUT2D eigenvalue weighted by atomic mass is 9.67. The first-order valence-corrected chi connectivity index (χ1v) is 6.54. The van der Waals surface area contributed by atoms with Crippen LogP contribution in [0.15, 0.2) is 0 Å². The lowest BCUT2D eigenvalue weighted by Gasteiger charge is -2.41. The average molecular weight is 224 g/mol. The standard InChI is InChI=1S/C12H20N2S/c1-9-10(2)15-11(14-9)7-12(8-13-3)5-4-6-12/h13H,4-8H2,1-3H3. The molecular weight excluding hydrogens is 204 g/mol. The number of hydrogen-bond acceptors (Lipinski definition) is 3. The predicted molar refractivity (Wildman–Crippen MR) is 65.5 cm³/mol. The summed E-state index contributed by atoms with van der Waals surface area (Å²) >= 11 is 1.88. The van der Waals surface area contributed by atoms with Crippen molar-refractivity contribution in [2.75, 3.05) is 13.6 Å². The van der Waals surface area contributed by atoms with Gasteiger partial charge >= 0.3 is 0 Å². The molecule has 0 bridgehead atoms. The zero-order valence-electron chi connectivity index (χ0n) is 9.89. The van der Waals surface area contributed by atoms with Gasteiger partial charge in [0.2, 0.25) is 0 Å². The number of aryl methyl sites for hydroxylation is 2. The fraction of sp³-hybridized carbons (Fsp3) is 0.750. The highest BCUT2D eigenvalue weighted by Gasteiger charge is 2.37. The fourth-order valence-corrected chi connectivity index (χ4v) is 3.51. The minimum Gasteiger partial charge on any atom is -0.319 e. The summed E-state index contributed by atoms with van der Waals surface area (Å²) in [6.07, 6.45) is 5.30. The van der Waals surface area contributed by atoms with Gasteiger partial charge in [-0.3, -0.25) is 0 Å². The topological polar surface area (TPSA) is 24.9 Å². The Labute approximate surface area is 96.1 Å². The maximum atomic E-state index is 4.65. The summed E-state index contributed by atoms with van der Waals surface area (Å²) in [4.78, 5) is 6.03. The van der Waals surface area contributed by atoms with Crippen molar-refractivity contribution in [3.8, 4) is 0 Å². The van der Waals surface area contributed by atoms with Crippen LogP contribution in [-0.2, 0) is 6.42 Å². The van der Waals surface area contributed by atoms with Crippen molar-refractivity contribution in [3.05, 3.63) is 15.6 Å². The molecule has 84 valence electrons. The third-order valence-electron chi connectivity index (χ3n) is 3.57. The summed E-state index contributed by atoms with van der Waals surface area (Å²) in [7, 11) is 2.05. The van der Waals surface area contributed by atoms with Crippen LogP contribution in [0.5, 0.6) is 0 Å². The maximum absolute atomic E-state index is 4.65. The fourth-order valence-electron chi connectivity index (χ4n) is 2.40. The Kier molecular flexibility index (Phi) is 3.12. The molecule has 3 heteroatoms. The van der Waals surface area contributed by atoms with E-state index in [1.807, 2.05) is 11.3 Å². The molecular formula is C12H20N2S. The van der Waals surface area contributed by atoms with Crippen molar-refractivity contribution in [3.63, 3.8) is 0 Å². The molecule has 1 aliphatic rings. The van der Waals surface area contributed by atoms with Gasteiger partial charge < -0.3 is 5.32 Å². The van der Waals surface area contributed by atoms with Crippen LogP contribution in [0.2, 0.25) is 0 Å². The zero-order valence-corrected chi connectivity index (χ0v) is 10.7. The second kappa shape index (κ2) is 4.22. The first-order chi connectivity index (χ1) is 7.15. The highest BCUT2D eigenvalue weighted by atomic mass is 32.1. The Morgan fingerprint density at radius 3 is 2.53 bits per heavy atom. The van der Waals surface area contributed by atoms with Crippen LogP contribution < -0.4 is 5.32 Å². The lowest BCUT2D eigenvalue weighted by molar-refractivity contribution is 0.133. The van der Waals surface area contributed by atoms with Crippen LogP contribution >= 0.6 is 11.3 Å². The first kappa shape index (κ1) is 11.1. The largest absolute Gasteiger partial charge is 0.319 e. The molecule has 1 aliphatic carbocycles. The molecule has 1 saturated carbocycles. The molecule has 1 aromatic rings. The van der Waals surface area contributed by atoms with E-state index in [1.165, 1.54) is 41.3 Å². The van der Waals surface area contributed by atoms with E-state index in [4.69, 9.17) is 0 Å². The minimum atomic E-state index is 0.519. The molecule has 1 heterocycles. The molecule has 2 rings (SSSR count). The summed E-state index contributed by atoms with van der Waals surface area (Å²) in [5.74, 6) is 0. The average Bonchev–Trinajstić information content (AvgIpc) is 2.42. The molecule has 0 aromatic carbocycles. The van der Waals surface area contributed by atoms with Crippen LogP contribution in [0, 0.1) is 19.3 Å². The quantitative estimate of drug-likeness (QED) is 0.850. The lowest BCUT2D eigenvalue weighted by Crippen LogP contribution is -2.40. The Morgan fingerprint density at radius 1 is 1.40 bits per heavy atom. The van der Waals surface area contributed by atoms with Crippen molar-refractivity contribution in [2.45, 2.75) is 39.5 Å². The van der Waals surface area contributed by atoms with E-state index in [9.17, 15) is 0 Å². The van der Waals surface area contributed by atoms with Gasteiger partial charge in [-0.1, -0.05) is 6.42 Å². The molecule has 2 nitrogen and oxygen atoms in total. The summed E-state index contributed by atoms with van der Waals surface area (Å²) in [6.45, 7) is 5.42. The van der Waals surface area contributed by atoms with Crippen LogP contribution in [0.4, 0.5) is 0 Å². The van der Waals surface area contributed by atoms with E-state index >= 15 is 0 Å². The predicted octanol–water partition coefficient (Wildman–Crippen LogP) is 2.69. The van der Waals surface area contributed by atoms with E-state index in [-0.39, 0.29) is 0 Å². The molecule has 0 aliphatic heterocycles. The van der Waals surface area contributed by atoms with Crippen molar-refractivity contribution >= 4 is 11.3 Å². The molecule has 0 unspecified atom stereocenters. The van der Waals surface area contributed by atoms with E-state index in [0.29, 0.717) is 5.41 Å². The molecule has 0 amide bonds. The number of aromatic nitrogens is 1. The van der Waals surface area contributed by atoms with Gasteiger partial charge in [-0.2, -0.15) is 0 Å². The third kappa shape index (κ3) is 2.23. The summed E-state index contributed by atoms with van der Waals surface area (Å²) in [6, 6.07) is 0. The van der Waals surface area contributed by atoms with Gasteiger partial charge in [-0.05, 0) is 39.2 Å². The van der Waals surface area contributed by atoms with Gasteiger partial charge in [-0.15, -0.1) is 11.3 Å². The second-order valence-electron chi connectivity index (χ2n) is 4.81. The third-order valence-corrected chi connectivity index (χ3v) is 4.64. The monoisotopic (exact) mass is 224 g/mol. The Hall–Kier alpha value is -0.410. The summed E-state index contributed by atoms with van der Waals surface area (Å²) in [5, 5.41) is 4.66. The molecule has 0 spiro atoms. The van der Waals surface area contributed by atoms with Crippen molar-refractivity contribution in [1.82, 2.24) is 10.3 Å². The number of thiazole rings is 1. The van der Waals surface area contributed by atoms with Crippen molar-refractivity contribution in [1.29, 1.82) is 0 Å². The molecule has 15 heavy (non-hydrogen) atoms. The van der Waals surface area contributed by atoms with E-state index in [0.717, 1.165) is 6.54 Å². The number of hydrogen-bond donors (Lipinski definition) is 1. The van der Waals surface area contributed by atoms with E-state index in [1.54, 1.807) is 0 Å². The molecule has 1 aromatic heterocycles. The summed E-state index contributed by atoms with van der Waals surface area (Å²) < 4.78 is 0.